The van der Waals surface area contributed by atoms with E-state index in [0.717, 1.165) is 16.3 Å². The van der Waals surface area contributed by atoms with Crippen LogP contribution in [-0.4, -0.2) is 4.98 Å². The van der Waals surface area contributed by atoms with Crippen LogP contribution in [-0.2, 0) is 0 Å². The highest BCUT2D eigenvalue weighted by molar-refractivity contribution is 6.33. The van der Waals surface area contributed by atoms with Gasteiger partial charge < -0.3 is 4.98 Å². The molecule has 0 atom stereocenters. The fourth-order valence-electron chi connectivity index (χ4n) is 1.30. The molecule has 1 N–H and O–H groups in total. The van der Waals surface area contributed by atoms with Crippen LogP contribution in [0.2, 0.25) is 5.02 Å². The van der Waals surface area contributed by atoms with Crippen molar-refractivity contribution in [3.63, 3.8) is 0 Å². The van der Waals surface area contributed by atoms with Gasteiger partial charge in [-0.25, -0.2) is 0 Å². The zero-order chi connectivity index (χ0) is 7.84. The van der Waals surface area contributed by atoms with Gasteiger partial charge in [-0.1, -0.05) is 11.6 Å². The van der Waals surface area contributed by atoms with E-state index in [1.54, 1.807) is 0 Å². The van der Waals surface area contributed by atoms with Crippen LogP contribution in [0.25, 0.3) is 11.3 Å². The van der Waals surface area contributed by atoms with Gasteiger partial charge >= 0.3 is 0 Å². The van der Waals surface area contributed by atoms with E-state index < -0.39 is 0 Å². The van der Waals surface area contributed by atoms with E-state index in [0.29, 0.717) is 0 Å². The molecule has 1 heterocycles. The average molecular weight is 166 g/mol. The minimum absolute atomic E-state index is 0.828. The molecule has 2 rings (SSSR count). The van der Waals surface area contributed by atoms with E-state index in [-0.39, 0.29) is 0 Å². The first-order chi connectivity index (χ1) is 5.29. The number of fused-ring (bicyclic) bond motifs is 1. The molecule has 11 heavy (non-hydrogen) atoms. The van der Waals surface area contributed by atoms with E-state index in [1.807, 2.05) is 31.3 Å². The van der Waals surface area contributed by atoms with E-state index in [9.17, 15) is 0 Å². The summed E-state index contributed by atoms with van der Waals surface area (Å²) < 4.78 is 0. The lowest BCUT2D eigenvalue weighted by atomic mass is 10.2. The second kappa shape index (κ2) is 2.28. The van der Waals surface area contributed by atoms with Crippen molar-refractivity contribution < 1.29 is 0 Å². The molecule has 0 aromatic rings. The molecule has 0 radical (unpaired) electrons. The minimum Gasteiger partial charge on any atom is -0.361 e. The maximum Gasteiger partial charge on any atom is 0.0502 e. The topological polar surface area (TPSA) is 15.8 Å². The maximum absolute atomic E-state index is 5.96. The number of aromatic amines is 1. The molecule has 0 bridgehead atoms. The molecule has 0 amide bonds. The highest BCUT2D eigenvalue weighted by Crippen LogP contribution is 2.32. The normalized spacial score (nSPS) is 10.7. The Morgan fingerprint density at radius 3 is 3.00 bits per heavy atom. The molecule has 2 aliphatic rings. The zero-order valence-electron chi connectivity index (χ0n) is 6.19. The summed E-state index contributed by atoms with van der Waals surface area (Å²) in [5.74, 6) is 0. The van der Waals surface area contributed by atoms with Crippen LogP contribution in [0.3, 0.4) is 0 Å². The molecule has 0 aromatic heterocycles. The standard InChI is InChI=1S/C9H8ClN/c1-6-5-8(10)7-3-2-4-11-9(6)7/h2-5,11H,1H3. The third-order valence-corrected chi connectivity index (χ3v) is 2.16. The fraction of sp³-hybridized carbons (Fsp3) is 0.111. The SMILES string of the molecule is Cc1cc(Cl)c2ccc[nH]c1-2. The Balaban J connectivity index is 2.81. The summed E-state index contributed by atoms with van der Waals surface area (Å²) in [7, 11) is 0. The summed E-state index contributed by atoms with van der Waals surface area (Å²) in [5.41, 5.74) is 3.44. The third-order valence-electron chi connectivity index (χ3n) is 1.85. The van der Waals surface area contributed by atoms with E-state index in [2.05, 4.69) is 4.98 Å². The maximum atomic E-state index is 5.96. The zero-order valence-corrected chi connectivity index (χ0v) is 6.94. The first-order valence-corrected chi connectivity index (χ1v) is 3.89. The lowest BCUT2D eigenvalue weighted by Crippen LogP contribution is -1.80. The minimum atomic E-state index is 0.828. The van der Waals surface area contributed by atoms with E-state index >= 15 is 0 Å². The highest BCUT2D eigenvalue weighted by atomic mass is 35.5. The number of nitrogens with one attached hydrogen (secondary N) is 1. The summed E-state index contributed by atoms with van der Waals surface area (Å²) >= 11 is 5.96. The highest BCUT2D eigenvalue weighted by Gasteiger charge is 2.09. The Labute approximate surface area is 70.3 Å². The van der Waals surface area contributed by atoms with Crippen LogP contribution in [0.5, 0.6) is 0 Å². The van der Waals surface area contributed by atoms with E-state index in [4.69, 9.17) is 11.6 Å². The first kappa shape index (κ1) is 6.74. The smallest absolute Gasteiger partial charge is 0.0502 e. The molecule has 0 saturated carbocycles. The van der Waals surface area contributed by atoms with Crippen molar-refractivity contribution in [2.45, 2.75) is 6.92 Å². The summed E-state index contributed by atoms with van der Waals surface area (Å²) in [6.07, 6.45) is 1.91. The number of rotatable bonds is 0. The molecule has 0 saturated heterocycles. The average Bonchev–Trinajstić information content (AvgIpc) is 2.30. The summed E-state index contributed by atoms with van der Waals surface area (Å²) in [6, 6.07) is 5.94. The lowest BCUT2D eigenvalue weighted by molar-refractivity contribution is 1.31. The van der Waals surface area contributed by atoms with Crippen LogP contribution in [0.15, 0.2) is 24.4 Å². The second-order valence-corrected chi connectivity index (χ2v) is 3.04. The van der Waals surface area contributed by atoms with Gasteiger partial charge in [0.05, 0.1) is 5.02 Å². The predicted octanol–water partition coefficient (Wildman–Crippen LogP) is 3.08. The van der Waals surface area contributed by atoms with Crippen LogP contribution >= 0.6 is 11.6 Å². The Bertz CT molecular complexity index is 318. The largest absolute Gasteiger partial charge is 0.361 e. The molecule has 56 valence electrons. The molecular weight excluding hydrogens is 158 g/mol. The van der Waals surface area contributed by atoms with Gasteiger partial charge in [-0.2, -0.15) is 0 Å². The Hall–Kier alpha value is -0.950. The molecule has 1 aliphatic heterocycles. The van der Waals surface area contributed by atoms with Gasteiger partial charge in [-0.05, 0) is 30.7 Å². The number of H-pyrrole nitrogens is 1. The molecule has 0 unspecified atom stereocenters. The van der Waals surface area contributed by atoms with Gasteiger partial charge in [0.2, 0.25) is 0 Å². The van der Waals surface area contributed by atoms with Gasteiger partial charge in [-0.15, -0.1) is 0 Å². The number of hydrogen-bond donors (Lipinski definition) is 1. The summed E-state index contributed by atoms with van der Waals surface area (Å²) in [6.45, 7) is 2.05. The number of pyridine rings is 1. The molecule has 2 heteroatoms. The third kappa shape index (κ3) is 0.925. The Morgan fingerprint density at radius 1 is 1.45 bits per heavy atom. The lowest BCUT2D eigenvalue weighted by Gasteiger charge is -1.98. The van der Waals surface area contributed by atoms with Gasteiger partial charge in [0, 0.05) is 17.5 Å². The fourth-order valence-corrected chi connectivity index (χ4v) is 1.62. The van der Waals surface area contributed by atoms with Gasteiger partial charge in [0.15, 0.2) is 0 Å². The number of hydrogen-bond acceptors (Lipinski definition) is 0. The van der Waals surface area contributed by atoms with Crippen LogP contribution in [0.1, 0.15) is 5.56 Å². The Kier molecular flexibility index (Phi) is 1.40. The van der Waals surface area contributed by atoms with Crippen molar-refractivity contribution >= 4 is 11.6 Å². The van der Waals surface area contributed by atoms with Crippen LogP contribution < -0.4 is 0 Å². The number of aryl methyl sites for hydroxylation is 1. The summed E-state index contributed by atoms with van der Waals surface area (Å²) in [4.78, 5) is 3.16. The molecule has 0 spiro atoms. The van der Waals surface area contributed by atoms with Gasteiger partial charge in [-0.3, -0.25) is 0 Å². The monoisotopic (exact) mass is 165 g/mol. The second-order valence-electron chi connectivity index (χ2n) is 2.63. The number of halogens is 1. The van der Waals surface area contributed by atoms with Crippen molar-refractivity contribution in [3.05, 3.63) is 35.0 Å². The quantitative estimate of drug-likeness (QED) is 0.618. The van der Waals surface area contributed by atoms with E-state index in [1.165, 1.54) is 5.56 Å². The molecule has 0 fully saturated rings. The first-order valence-electron chi connectivity index (χ1n) is 3.51. The van der Waals surface area contributed by atoms with Crippen LogP contribution in [0, 0.1) is 6.92 Å². The van der Waals surface area contributed by atoms with Crippen LogP contribution in [0.4, 0.5) is 0 Å². The van der Waals surface area contributed by atoms with Gasteiger partial charge in [0.25, 0.3) is 0 Å². The van der Waals surface area contributed by atoms with Gasteiger partial charge in [0.1, 0.15) is 0 Å². The van der Waals surface area contributed by atoms with Crippen molar-refractivity contribution in [1.82, 2.24) is 4.98 Å². The number of aromatic nitrogens is 1. The van der Waals surface area contributed by atoms with Crippen molar-refractivity contribution in [3.8, 4) is 11.3 Å². The molecule has 0 aromatic carbocycles. The molecular formula is C9H8ClN. The molecule has 1 aliphatic carbocycles. The Morgan fingerprint density at radius 2 is 2.27 bits per heavy atom. The van der Waals surface area contributed by atoms with Crippen molar-refractivity contribution in [1.29, 1.82) is 0 Å². The van der Waals surface area contributed by atoms with Crippen molar-refractivity contribution in [2.75, 3.05) is 0 Å². The van der Waals surface area contributed by atoms with Crippen molar-refractivity contribution in [2.24, 2.45) is 0 Å². The molecule has 1 nitrogen and oxygen atoms in total. The predicted molar refractivity (Wildman–Crippen MR) is 47.2 cm³/mol. The summed E-state index contributed by atoms with van der Waals surface area (Å²) in [5, 5.41) is 0.828.